The summed E-state index contributed by atoms with van der Waals surface area (Å²) in [5, 5.41) is 4.24. The second-order valence-electron chi connectivity index (χ2n) is 5.52. The van der Waals surface area contributed by atoms with Crippen molar-refractivity contribution in [1.82, 2.24) is 14.7 Å². The van der Waals surface area contributed by atoms with Gasteiger partial charge in [-0.15, -0.1) is 0 Å². The van der Waals surface area contributed by atoms with Gasteiger partial charge in [-0.1, -0.05) is 0 Å². The third-order valence-electron chi connectivity index (χ3n) is 3.29. The van der Waals surface area contributed by atoms with Crippen LogP contribution >= 0.6 is 0 Å². The summed E-state index contributed by atoms with van der Waals surface area (Å²) < 4.78 is 15.7. The van der Waals surface area contributed by atoms with Gasteiger partial charge in [0.05, 0.1) is 6.54 Å². The molecule has 0 unspecified atom stereocenters. The minimum absolute atomic E-state index is 0.167. The molecule has 1 aliphatic rings. The molecule has 1 fully saturated rings. The Morgan fingerprint density at radius 1 is 1.56 bits per heavy atom. The van der Waals surface area contributed by atoms with Gasteiger partial charge < -0.3 is 4.90 Å². The second-order valence-corrected chi connectivity index (χ2v) is 5.52. The Morgan fingerprint density at radius 2 is 2.28 bits per heavy atom. The predicted octanol–water partition coefficient (Wildman–Crippen LogP) is 2.43. The van der Waals surface area contributed by atoms with Gasteiger partial charge in [-0.25, -0.2) is 4.39 Å². The molecule has 1 aromatic rings. The molecule has 2 rings (SSSR count). The van der Waals surface area contributed by atoms with Gasteiger partial charge in [0.2, 0.25) is 0 Å². The van der Waals surface area contributed by atoms with Gasteiger partial charge >= 0.3 is 0 Å². The Kier molecular flexibility index (Phi) is 3.41. The highest BCUT2D eigenvalue weighted by Crippen LogP contribution is 2.25. The Hall–Kier alpha value is -1.39. The minimum atomic E-state index is -1.27. The average Bonchev–Trinajstić information content (AvgIpc) is 2.76. The number of amides is 1. The average molecular weight is 253 g/mol. The first-order chi connectivity index (χ1) is 8.39. The molecule has 0 saturated carbocycles. The van der Waals surface area contributed by atoms with Gasteiger partial charge in [0.25, 0.3) is 5.91 Å². The van der Waals surface area contributed by atoms with E-state index in [1.54, 1.807) is 28.8 Å². The second kappa shape index (κ2) is 4.71. The van der Waals surface area contributed by atoms with E-state index >= 15 is 0 Å². The molecule has 1 aromatic heterocycles. The van der Waals surface area contributed by atoms with Gasteiger partial charge in [0.1, 0.15) is 11.4 Å². The maximum atomic E-state index is 13.9. The van der Waals surface area contributed by atoms with E-state index in [1.807, 2.05) is 13.8 Å². The number of aromatic nitrogens is 2. The van der Waals surface area contributed by atoms with Crippen LogP contribution < -0.4 is 0 Å². The molecule has 1 atom stereocenters. The van der Waals surface area contributed by atoms with Crippen molar-refractivity contribution in [3.63, 3.8) is 0 Å². The van der Waals surface area contributed by atoms with E-state index < -0.39 is 5.67 Å². The summed E-state index contributed by atoms with van der Waals surface area (Å²) in [7, 11) is 0. The molecule has 5 heteroatoms. The summed E-state index contributed by atoms with van der Waals surface area (Å²) in [6.45, 7) is 6.34. The lowest BCUT2D eigenvalue weighted by molar-refractivity contribution is 0.0412. The number of likely N-dealkylation sites (tertiary alicyclic amines) is 1. The Balaban J connectivity index is 2.10. The fraction of sp³-hybridized carbons (Fsp3) is 0.692. The summed E-state index contributed by atoms with van der Waals surface area (Å²) >= 11 is 0. The number of alkyl halides is 1. The topological polar surface area (TPSA) is 38.1 Å². The molecule has 4 nitrogen and oxygen atoms in total. The summed E-state index contributed by atoms with van der Waals surface area (Å²) in [6.07, 6.45) is 3.03. The first kappa shape index (κ1) is 13.1. The van der Waals surface area contributed by atoms with Crippen molar-refractivity contribution in [3.8, 4) is 0 Å². The van der Waals surface area contributed by atoms with E-state index in [2.05, 4.69) is 5.10 Å². The molecule has 1 amide bonds. The predicted molar refractivity (Wildman–Crippen MR) is 67.3 cm³/mol. The van der Waals surface area contributed by atoms with Crippen molar-refractivity contribution >= 4 is 5.91 Å². The molecule has 1 saturated heterocycles. The fourth-order valence-electron chi connectivity index (χ4n) is 2.27. The quantitative estimate of drug-likeness (QED) is 0.812. The van der Waals surface area contributed by atoms with Gasteiger partial charge in [-0.3, -0.25) is 9.48 Å². The number of hydrogen-bond donors (Lipinski definition) is 0. The monoisotopic (exact) mass is 253 g/mol. The van der Waals surface area contributed by atoms with Crippen molar-refractivity contribution in [3.05, 3.63) is 18.0 Å². The Morgan fingerprint density at radius 3 is 2.83 bits per heavy atom. The molecular weight excluding hydrogens is 233 g/mol. The van der Waals surface area contributed by atoms with Gasteiger partial charge in [0, 0.05) is 18.8 Å². The number of rotatable bonds is 2. The SMILES string of the molecule is CC(C)n1ccc(C(=O)N2CCC[C@](C)(F)C2)n1. The van der Waals surface area contributed by atoms with E-state index in [-0.39, 0.29) is 18.5 Å². The van der Waals surface area contributed by atoms with Crippen LogP contribution in [0.15, 0.2) is 12.3 Å². The summed E-state index contributed by atoms with van der Waals surface area (Å²) in [5.74, 6) is -0.169. The van der Waals surface area contributed by atoms with Crippen molar-refractivity contribution < 1.29 is 9.18 Å². The van der Waals surface area contributed by atoms with Crippen LogP contribution in [0.3, 0.4) is 0 Å². The highest BCUT2D eigenvalue weighted by atomic mass is 19.1. The molecule has 0 radical (unpaired) electrons. The third kappa shape index (κ3) is 2.71. The van der Waals surface area contributed by atoms with Crippen molar-refractivity contribution in [2.24, 2.45) is 0 Å². The molecule has 100 valence electrons. The zero-order chi connectivity index (χ0) is 13.3. The van der Waals surface area contributed by atoms with Crippen molar-refractivity contribution in [2.75, 3.05) is 13.1 Å². The minimum Gasteiger partial charge on any atom is -0.334 e. The standard InChI is InChI=1S/C13H20FN3O/c1-10(2)17-8-5-11(15-17)12(18)16-7-4-6-13(3,14)9-16/h5,8,10H,4,6-7,9H2,1-3H3/t13-/m0/s1. The maximum absolute atomic E-state index is 13.9. The van der Waals surface area contributed by atoms with Gasteiger partial charge in [-0.2, -0.15) is 5.10 Å². The Bertz CT molecular complexity index is 439. The largest absolute Gasteiger partial charge is 0.334 e. The number of nitrogens with zero attached hydrogens (tertiary/aromatic N) is 3. The lowest BCUT2D eigenvalue weighted by atomic mass is 9.97. The highest BCUT2D eigenvalue weighted by molar-refractivity contribution is 5.92. The van der Waals surface area contributed by atoms with E-state index in [0.29, 0.717) is 25.1 Å². The van der Waals surface area contributed by atoms with E-state index in [9.17, 15) is 9.18 Å². The molecule has 2 heterocycles. The number of hydrogen-bond acceptors (Lipinski definition) is 2. The van der Waals surface area contributed by atoms with Crippen LogP contribution in [-0.4, -0.2) is 39.3 Å². The zero-order valence-electron chi connectivity index (χ0n) is 11.2. The van der Waals surface area contributed by atoms with Crippen LogP contribution in [0, 0.1) is 0 Å². The first-order valence-electron chi connectivity index (χ1n) is 6.42. The lowest BCUT2D eigenvalue weighted by Crippen LogP contribution is -2.46. The van der Waals surface area contributed by atoms with E-state index in [0.717, 1.165) is 0 Å². The number of halogens is 1. The molecule has 0 spiro atoms. The maximum Gasteiger partial charge on any atom is 0.274 e. The molecule has 0 aromatic carbocycles. The van der Waals surface area contributed by atoms with Gasteiger partial charge in [0.15, 0.2) is 0 Å². The van der Waals surface area contributed by atoms with E-state index in [4.69, 9.17) is 0 Å². The molecule has 1 aliphatic heterocycles. The van der Waals surface area contributed by atoms with Crippen LogP contribution in [0.25, 0.3) is 0 Å². The molecular formula is C13H20FN3O. The smallest absolute Gasteiger partial charge is 0.274 e. The summed E-state index contributed by atoms with van der Waals surface area (Å²) in [6, 6.07) is 1.92. The number of carbonyl (C=O) groups excluding carboxylic acids is 1. The van der Waals surface area contributed by atoms with Crippen molar-refractivity contribution in [1.29, 1.82) is 0 Å². The fourth-order valence-corrected chi connectivity index (χ4v) is 2.27. The van der Waals surface area contributed by atoms with Crippen LogP contribution in [-0.2, 0) is 0 Å². The zero-order valence-corrected chi connectivity index (χ0v) is 11.2. The first-order valence-corrected chi connectivity index (χ1v) is 6.42. The van der Waals surface area contributed by atoms with Gasteiger partial charge in [-0.05, 0) is 39.7 Å². The lowest BCUT2D eigenvalue weighted by Gasteiger charge is -2.34. The highest BCUT2D eigenvalue weighted by Gasteiger charge is 2.33. The molecule has 18 heavy (non-hydrogen) atoms. The van der Waals surface area contributed by atoms with E-state index in [1.165, 1.54) is 0 Å². The third-order valence-corrected chi connectivity index (χ3v) is 3.29. The number of piperidine rings is 1. The Labute approximate surface area is 107 Å². The summed E-state index contributed by atoms with van der Waals surface area (Å²) in [5.41, 5.74) is -0.865. The molecule has 0 aliphatic carbocycles. The number of carbonyl (C=O) groups is 1. The molecule has 0 N–H and O–H groups in total. The van der Waals surface area contributed by atoms with Crippen LogP contribution in [0.4, 0.5) is 4.39 Å². The molecule has 0 bridgehead atoms. The van der Waals surface area contributed by atoms with Crippen LogP contribution in [0.1, 0.15) is 50.1 Å². The normalized spacial score (nSPS) is 24.6. The van der Waals surface area contributed by atoms with Crippen molar-refractivity contribution in [2.45, 2.75) is 45.3 Å². The summed E-state index contributed by atoms with van der Waals surface area (Å²) in [4.78, 5) is 13.8. The van der Waals surface area contributed by atoms with Crippen LogP contribution in [0.5, 0.6) is 0 Å². The van der Waals surface area contributed by atoms with Crippen LogP contribution in [0.2, 0.25) is 0 Å².